The van der Waals surface area contributed by atoms with E-state index in [1.165, 1.54) is 31.8 Å². The molecule has 0 spiro atoms. The summed E-state index contributed by atoms with van der Waals surface area (Å²) in [5.41, 5.74) is 8.54. The summed E-state index contributed by atoms with van der Waals surface area (Å²) < 4.78 is 4.72. The summed E-state index contributed by atoms with van der Waals surface area (Å²) in [7, 11) is 0. The number of anilines is 1. The topological polar surface area (TPSA) is 24.9 Å². The molecule has 0 saturated carbocycles. The van der Waals surface area contributed by atoms with Gasteiger partial charge in [-0.05, 0) is 92.7 Å². The van der Waals surface area contributed by atoms with Crippen molar-refractivity contribution in [1.29, 1.82) is 0 Å². The predicted octanol–water partition coefficient (Wildman–Crippen LogP) is 7.32. The molecule has 136 valence electrons. The molecule has 0 saturated heterocycles. The van der Waals surface area contributed by atoms with Gasteiger partial charge in [-0.3, -0.25) is 0 Å². The summed E-state index contributed by atoms with van der Waals surface area (Å²) >= 11 is 3.43. The molecule has 0 radical (unpaired) electrons. The van der Waals surface area contributed by atoms with Crippen LogP contribution >= 0.6 is 23.3 Å². The molecule has 0 aliphatic carbocycles. The van der Waals surface area contributed by atoms with E-state index in [0.717, 1.165) is 21.8 Å². The molecule has 0 aliphatic heterocycles. The van der Waals surface area contributed by atoms with Crippen LogP contribution < -0.4 is 4.72 Å². The standard InChI is InChI=1S/C23H22N2S2/c1-14-5-10-20-21(13-14)26-23(24-20)18-6-8-19(9-7-18)25-27-22-16(3)11-15(2)12-17(22)4/h5-13,25H,1-4H3. The van der Waals surface area contributed by atoms with Crippen LogP contribution in [0.25, 0.3) is 20.8 Å². The van der Waals surface area contributed by atoms with Crippen LogP contribution in [0.2, 0.25) is 0 Å². The fraction of sp³-hybridized carbons (Fsp3) is 0.174. The maximum atomic E-state index is 4.77. The zero-order valence-corrected chi connectivity index (χ0v) is 17.6. The van der Waals surface area contributed by atoms with Crippen molar-refractivity contribution in [2.45, 2.75) is 32.6 Å². The first-order valence-corrected chi connectivity index (χ1v) is 10.6. The maximum Gasteiger partial charge on any atom is 0.124 e. The van der Waals surface area contributed by atoms with Gasteiger partial charge in [0, 0.05) is 16.1 Å². The van der Waals surface area contributed by atoms with Gasteiger partial charge in [0.15, 0.2) is 0 Å². The maximum absolute atomic E-state index is 4.77. The molecule has 3 aromatic carbocycles. The van der Waals surface area contributed by atoms with E-state index >= 15 is 0 Å². The first-order valence-electron chi connectivity index (χ1n) is 8.98. The van der Waals surface area contributed by atoms with E-state index in [4.69, 9.17) is 4.98 Å². The van der Waals surface area contributed by atoms with Crippen LogP contribution in [0.4, 0.5) is 5.69 Å². The lowest BCUT2D eigenvalue weighted by Gasteiger charge is -2.12. The van der Waals surface area contributed by atoms with Crippen molar-refractivity contribution in [1.82, 2.24) is 4.98 Å². The van der Waals surface area contributed by atoms with Crippen LogP contribution in [0, 0.1) is 27.7 Å². The van der Waals surface area contributed by atoms with Gasteiger partial charge in [-0.25, -0.2) is 4.98 Å². The number of thiazole rings is 1. The molecular formula is C23H22N2S2. The van der Waals surface area contributed by atoms with Crippen molar-refractivity contribution in [3.8, 4) is 10.6 Å². The van der Waals surface area contributed by atoms with Gasteiger partial charge >= 0.3 is 0 Å². The molecule has 4 rings (SSSR count). The Morgan fingerprint density at radius 3 is 2.22 bits per heavy atom. The first-order chi connectivity index (χ1) is 13.0. The molecule has 1 aromatic heterocycles. The normalized spacial score (nSPS) is 11.1. The number of hydrogen-bond donors (Lipinski definition) is 1. The van der Waals surface area contributed by atoms with E-state index < -0.39 is 0 Å². The molecule has 1 N–H and O–H groups in total. The summed E-state index contributed by atoms with van der Waals surface area (Å²) in [6.07, 6.45) is 0. The predicted molar refractivity (Wildman–Crippen MR) is 120 cm³/mol. The molecule has 2 nitrogen and oxygen atoms in total. The second-order valence-corrected chi connectivity index (χ2v) is 8.85. The van der Waals surface area contributed by atoms with Crippen molar-refractivity contribution < 1.29 is 0 Å². The number of aromatic nitrogens is 1. The van der Waals surface area contributed by atoms with Gasteiger partial charge in [0.1, 0.15) is 5.01 Å². The van der Waals surface area contributed by atoms with Gasteiger partial charge in [0.2, 0.25) is 0 Å². The number of nitrogens with zero attached hydrogens (tertiary/aromatic N) is 1. The molecule has 0 fully saturated rings. The Bertz CT molecular complexity index is 1090. The summed E-state index contributed by atoms with van der Waals surface area (Å²) in [5, 5.41) is 1.07. The second-order valence-electron chi connectivity index (χ2n) is 7.00. The fourth-order valence-electron chi connectivity index (χ4n) is 3.27. The summed E-state index contributed by atoms with van der Waals surface area (Å²) in [6.45, 7) is 8.60. The third-order valence-corrected chi connectivity index (χ3v) is 6.80. The molecule has 0 unspecified atom stereocenters. The van der Waals surface area contributed by atoms with Gasteiger partial charge < -0.3 is 4.72 Å². The lowest BCUT2D eigenvalue weighted by atomic mass is 10.1. The van der Waals surface area contributed by atoms with Crippen LogP contribution in [0.3, 0.4) is 0 Å². The molecule has 1 heterocycles. The summed E-state index contributed by atoms with van der Waals surface area (Å²) in [4.78, 5) is 6.07. The number of hydrogen-bond acceptors (Lipinski definition) is 4. The minimum Gasteiger partial charge on any atom is -0.326 e. The second kappa shape index (κ2) is 7.37. The Morgan fingerprint density at radius 1 is 0.815 bits per heavy atom. The SMILES string of the molecule is Cc1cc(C)c(SNc2ccc(-c3nc4ccc(C)cc4s3)cc2)c(C)c1. The Balaban J connectivity index is 1.52. The number of fused-ring (bicyclic) bond motifs is 1. The Hall–Kier alpha value is -2.30. The van der Waals surface area contributed by atoms with E-state index in [1.807, 2.05) is 0 Å². The third kappa shape index (κ3) is 3.87. The summed E-state index contributed by atoms with van der Waals surface area (Å²) in [5.74, 6) is 0. The lowest BCUT2D eigenvalue weighted by molar-refractivity contribution is 1.19. The monoisotopic (exact) mass is 390 g/mol. The lowest BCUT2D eigenvalue weighted by Crippen LogP contribution is -1.92. The van der Waals surface area contributed by atoms with Crippen molar-refractivity contribution in [2.75, 3.05) is 4.72 Å². The Kier molecular flexibility index (Phi) is 4.94. The third-order valence-electron chi connectivity index (χ3n) is 4.55. The average Bonchev–Trinajstić information content (AvgIpc) is 3.04. The van der Waals surface area contributed by atoms with Gasteiger partial charge in [0.25, 0.3) is 0 Å². The fourth-order valence-corrected chi connectivity index (χ4v) is 5.14. The quantitative estimate of drug-likeness (QED) is 0.370. The zero-order valence-electron chi connectivity index (χ0n) is 16.0. The smallest absolute Gasteiger partial charge is 0.124 e. The molecule has 0 bridgehead atoms. The van der Waals surface area contributed by atoms with Gasteiger partial charge in [0.05, 0.1) is 10.2 Å². The van der Waals surface area contributed by atoms with Crippen LogP contribution in [0.15, 0.2) is 59.5 Å². The molecule has 0 atom stereocenters. The highest BCUT2D eigenvalue weighted by molar-refractivity contribution is 8.00. The molecule has 27 heavy (non-hydrogen) atoms. The van der Waals surface area contributed by atoms with Crippen LogP contribution in [0.5, 0.6) is 0 Å². The Morgan fingerprint density at radius 2 is 1.52 bits per heavy atom. The highest BCUT2D eigenvalue weighted by atomic mass is 32.2. The average molecular weight is 391 g/mol. The first kappa shape index (κ1) is 18.1. The zero-order chi connectivity index (χ0) is 19.0. The van der Waals surface area contributed by atoms with E-state index in [2.05, 4.69) is 87.0 Å². The van der Waals surface area contributed by atoms with Gasteiger partial charge in [-0.2, -0.15) is 0 Å². The number of benzene rings is 3. The number of nitrogens with one attached hydrogen (secondary N) is 1. The van der Waals surface area contributed by atoms with Crippen LogP contribution in [0.1, 0.15) is 22.3 Å². The van der Waals surface area contributed by atoms with E-state index in [-0.39, 0.29) is 0 Å². The number of rotatable bonds is 4. The van der Waals surface area contributed by atoms with E-state index in [0.29, 0.717) is 0 Å². The number of aryl methyl sites for hydroxylation is 4. The largest absolute Gasteiger partial charge is 0.326 e. The van der Waals surface area contributed by atoms with Gasteiger partial charge in [-0.15, -0.1) is 11.3 Å². The van der Waals surface area contributed by atoms with E-state index in [1.54, 1.807) is 23.3 Å². The van der Waals surface area contributed by atoms with Crippen molar-refractivity contribution in [3.05, 3.63) is 76.9 Å². The highest BCUT2D eigenvalue weighted by Gasteiger charge is 2.08. The van der Waals surface area contributed by atoms with Crippen molar-refractivity contribution in [2.24, 2.45) is 0 Å². The molecule has 0 aliphatic rings. The minimum absolute atomic E-state index is 1.07. The highest BCUT2D eigenvalue weighted by Crippen LogP contribution is 2.33. The van der Waals surface area contributed by atoms with Crippen molar-refractivity contribution >= 4 is 39.2 Å². The summed E-state index contributed by atoms with van der Waals surface area (Å²) in [6, 6.07) is 19.4. The molecule has 4 heteroatoms. The van der Waals surface area contributed by atoms with Crippen LogP contribution in [-0.4, -0.2) is 4.98 Å². The van der Waals surface area contributed by atoms with E-state index in [9.17, 15) is 0 Å². The Labute approximate surface area is 168 Å². The minimum atomic E-state index is 1.07. The van der Waals surface area contributed by atoms with Crippen molar-refractivity contribution in [3.63, 3.8) is 0 Å². The molecule has 0 amide bonds. The molecular weight excluding hydrogens is 368 g/mol. The molecule has 4 aromatic rings. The van der Waals surface area contributed by atoms with Crippen LogP contribution in [-0.2, 0) is 0 Å². The van der Waals surface area contributed by atoms with Gasteiger partial charge in [-0.1, -0.05) is 23.8 Å².